The SMILES string of the molecule is O=C(CN(Cc1ccc2c(c1)OCO2)C(=O)[C@H]1COc2ccccc2O1)NCc1ccccc1. The summed E-state index contributed by atoms with van der Waals surface area (Å²) < 4.78 is 22.4. The summed E-state index contributed by atoms with van der Waals surface area (Å²) in [5.74, 6) is 1.77. The first-order valence-electron chi connectivity index (χ1n) is 11.0. The summed E-state index contributed by atoms with van der Waals surface area (Å²) in [7, 11) is 0. The van der Waals surface area contributed by atoms with Crippen LogP contribution in [0.4, 0.5) is 0 Å². The molecule has 5 rings (SSSR count). The van der Waals surface area contributed by atoms with Crippen molar-refractivity contribution in [1.82, 2.24) is 10.2 Å². The van der Waals surface area contributed by atoms with E-state index >= 15 is 0 Å². The molecular weight excluding hydrogens is 436 g/mol. The van der Waals surface area contributed by atoms with Crippen molar-refractivity contribution in [2.75, 3.05) is 19.9 Å². The van der Waals surface area contributed by atoms with Crippen LogP contribution in [0.25, 0.3) is 0 Å². The molecule has 34 heavy (non-hydrogen) atoms. The predicted molar refractivity (Wildman–Crippen MR) is 123 cm³/mol. The molecule has 3 aromatic rings. The average molecular weight is 460 g/mol. The van der Waals surface area contributed by atoms with Crippen molar-refractivity contribution in [2.24, 2.45) is 0 Å². The fraction of sp³-hybridized carbons (Fsp3) is 0.231. The maximum absolute atomic E-state index is 13.4. The molecule has 8 heteroatoms. The number of rotatable bonds is 7. The molecule has 0 saturated carbocycles. The number of amides is 2. The first-order valence-corrected chi connectivity index (χ1v) is 11.0. The second kappa shape index (κ2) is 9.74. The van der Waals surface area contributed by atoms with Crippen molar-refractivity contribution in [1.29, 1.82) is 0 Å². The van der Waals surface area contributed by atoms with Crippen LogP contribution in [-0.4, -0.2) is 42.8 Å². The van der Waals surface area contributed by atoms with Crippen molar-refractivity contribution in [2.45, 2.75) is 19.2 Å². The Balaban J connectivity index is 1.31. The molecule has 0 saturated heterocycles. The minimum Gasteiger partial charge on any atom is -0.485 e. The molecule has 174 valence electrons. The van der Waals surface area contributed by atoms with Crippen molar-refractivity contribution in [3.8, 4) is 23.0 Å². The fourth-order valence-corrected chi connectivity index (χ4v) is 3.84. The van der Waals surface area contributed by atoms with Crippen molar-refractivity contribution in [3.63, 3.8) is 0 Å². The monoisotopic (exact) mass is 460 g/mol. The molecule has 8 nitrogen and oxygen atoms in total. The van der Waals surface area contributed by atoms with Crippen LogP contribution in [0.2, 0.25) is 0 Å². The predicted octanol–water partition coefficient (Wildman–Crippen LogP) is 2.90. The van der Waals surface area contributed by atoms with E-state index in [4.69, 9.17) is 18.9 Å². The topological polar surface area (TPSA) is 86.3 Å². The van der Waals surface area contributed by atoms with E-state index in [0.717, 1.165) is 11.1 Å². The van der Waals surface area contributed by atoms with E-state index in [1.54, 1.807) is 18.2 Å². The van der Waals surface area contributed by atoms with E-state index in [1.807, 2.05) is 54.6 Å². The molecule has 2 amide bonds. The van der Waals surface area contributed by atoms with Gasteiger partial charge in [0.05, 0.1) is 0 Å². The number of para-hydroxylation sites is 2. The molecule has 0 unspecified atom stereocenters. The lowest BCUT2D eigenvalue weighted by Gasteiger charge is -2.30. The molecule has 0 radical (unpaired) electrons. The van der Waals surface area contributed by atoms with Gasteiger partial charge in [0.2, 0.25) is 18.8 Å². The van der Waals surface area contributed by atoms with E-state index in [-0.39, 0.29) is 38.3 Å². The molecule has 3 aromatic carbocycles. The van der Waals surface area contributed by atoms with Gasteiger partial charge in [0.25, 0.3) is 5.91 Å². The van der Waals surface area contributed by atoms with E-state index in [0.29, 0.717) is 29.5 Å². The first kappa shape index (κ1) is 21.6. The molecule has 2 aliphatic heterocycles. The third-order valence-electron chi connectivity index (χ3n) is 5.57. The number of nitrogens with zero attached hydrogens (tertiary/aromatic N) is 1. The number of nitrogens with one attached hydrogen (secondary N) is 1. The summed E-state index contributed by atoms with van der Waals surface area (Å²) in [5.41, 5.74) is 1.79. The molecule has 1 atom stereocenters. The van der Waals surface area contributed by atoms with Crippen LogP contribution in [0.1, 0.15) is 11.1 Å². The lowest BCUT2D eigenvalue weighted by molar-refractivity contribution is -0.144. The Morgan fingerprint density at radius 1 is 0.824 bits per heavy atom. The van der Waals surface area contributed by atoms with Crippen LogP contribution in [0.5, 0.6) is 23.0 Å². The Morgan fingerprint density at radius 3 is 2.41 bits per heavy atom. The highest BCUT2D eigenvalue weighted by Crippen LogP contribution is 2.34. The average Bonchev–Trinajstić information content (AvgIpc) is 3.35. The van der Waals surface area contributed by atoms with Crippen molar-refractivity contribution < 1.29 is 28.5 Å². The minimum absolute atomic E-state index is 0.0686. The molecular formula is C26H24N2O6. The zero-order valence-electron chi connectivity index (χ0n) is 18.4. The molecule has 2 aliphatic rings. The number of benzene rings is 3. The molecule has 0 aromatic heterocycles. The van der Waals surface area contributed by atoms with E-state index in [2.05, 4.69) is 5.32 Å². The Hall–Kier alpha value is -4.20. The lowest BCUT2D eigenvalue weighted by atomic mass is 10.1. The van der Waals surface area contributed by atoms with Gasteiger partial charge in [0, 0.05) is 13.1 Å². The van der Waals surface area contributed by atoms with Crippen LogP contribution < -0.4 is 24.3 Å². The number of hydrogen-bond acceptors (Lipinski definition) is 6. The van der Waals surface area contributed by atoms with Gasteiger partial charge < -0.3 is 29.2 Å². The lowest BCUT2D eigenvalue weighted by Crippen LogP contribution is -2.49. The van der Waals surface area contributed by atoms with Gasteiger partial charge in [-0.15, -0.1) is 0 Å². The van der Waals surface area contributed by atoms with Gasteiger partial charge in [0.1, 0.15) is 13.2 Å². The second-order valence-corrected chi connectivity index (χ2v) is 8.01. The van der Waals surface area contributed by atoms with E-state index in [1.165, 1.54) is 4.90 Å². The Morgan fingerprint density at radius 2 is 1.56 bits per heavy atom. The van der Waals surface area contributed by atoms with Gasteiger partial charge in [-0.3, -0.25) is 9.59 Å². The van der Waals surface area contributed by atoms with Gasteiger partial charge in [-0.1, -0.05) is 48.5 Å². The highest BCUT2D eigenvalue weighted by molar-refractivity contribution is 5.87. The fourth-order valence-electron chi connectivity index (χ4n) is 3.84. The molecule has 1 N–H and O–H groups in total. The number of ether oxygens (including phenoxy) is 4. The van der Waals surface area contributed by atoms with Gasteiger partial charge >= 0.3 is 0 Å². The summed E-state index contributed by atoms with van der Waals surface area (Å²) in [6.07, 6.45) is -0.856. The highest BCUT2D eigenvalue weighted by Gasteiger charge is 2.32. The summed E-state index contributed by atoms with van der Waals surface area (Å²) in [6, 6.07) is 22.3. The van der Waals surface area contributed by atoms with Crippen LogP contribution in [-0.2, 0) is 22.7 Å². The van der Waals surface area contributed by atoms with E-state index in [9.17, 15) is 9.59 Å². The second-order valence-electron chi connectivity index (χ2n) is 8.01. The van der Waals surface area contributed by atoms with Crippen LogP contribution in [0, 0.1) is 0 Å². The maximum Gasteiger partial charge on any atom is 0.268 e. The first-order chi connectivity index (χ1) is 16.7. The molecule has 2 heterocycles. The quantitative estimate of drug-likeness (QED) is 0.584. The highest BCUT2D eigenvalue weighted by atomic mass is 16.7. The van der Waals surface area contributed by atoms with Crippen molar-refractivity contribution in [3.05, 3.63) is 83.9 Å². The van der Waals surface area contributed by atoms with E-state index < -0.39 is 6.10 Å². The van der Waals surface area contributed by atoms with Crippen LogP contribution >= 0.6 is 0 Å². The van der Waals surface area contributed by atoms with Gasteiger partial charge in [-0.25, -0.2) is 0 Å². The molecule has 0 aliphatic carbocycles. The zero-order chi connectivity index (χ0) is 23.3. The normalized spacial score (nSPS) is 15.5. The number of carbonyl (C=O) groups excluding carboxylic acids is 2. The maximum atomic E-state index is 13.4. The third-order valence-corrected chi connectivity index (χ3v) is 5.57. The number of hydrogen-bond donors (Lipinski definition) is 1. The Kier molecular flexibility index (Phi) is 6.20. The van der Waals surface area contributed by atoms with Crippen LogP contribution in [0.3, 0.4) is 0 Å². The minimum atomic E-state index is -0.856. The van der Waals surface area contributed by atoms with Gasteiger partial charge in [0.15, 0.2) is 23.0 Å². The summed E-state index contributed by atoms with van der Waals surface area (Å²) in [6.45, 7) is 0.689. The Labute approximate surface area is 197 Å². The largest absolute Gasteiger partial charge is 0.485 e. The summed E-state index contributed by atoms with van der Waals surface area (Å²) in [4.78, 5) is 27.7. The third kappa shape index (κ3) is 4.91. The standard InChI is InChI=1S/C26H24N2O6/c29-25(27-13-18-6-2-1-3-7-18)15-28(14-19-10-11-21-23(12-19)33-17-32-21)26(30)24-16-31-20-8-4-5-9-22(20)34-24/h1-12,24H,13-17H2,(H,27,29)/t24-/m1/s1. The van der Waals surface area contributed by atoms with Crippen LogP contribution in [0.15, 0.2) is 72.8 Å². The number of fused-ring (bicyclic) bond motifs is 2. The summed E-state index contributed by atoms with van der Waals surface area (Å²) >= 11 is 0. The van der Waals surface area contributed by atoms with Gasteiger partial charge in [-0.05, 0) is 35.4 Å². The zero-order valence-corrected chi connectivity index (χ0v) is 18.4. The smallest absolute Gasteiger partial charge is 0.268 e. The summed E-state index contributed by atoms with van der Waals surface area (Å²) in [5, 5.41) is 2.88. The van der Waals surface area contributed by atoms with Gasteiger partial charge in [-0.2, -0.15) is 0 Å². The van der Waals surface area contributed by atoms with Crippen molar-refractivity contribution >= 4 is 11.8 Å². The molecule has 0 spiro atoms. The Bertz CT molecular complexity index is 1180. The number of carbonyl (C=O) groups is 2. The molecule has 0 bridgehead atoms. The molecule has 0 fully saturated rings.